The van der Waals surface area contributed by atoms with Gasteiger partial charge in [0.25, 0.3) is 15.9 Å². The maximum absolute atomic E-state index is 12.5. The molecule has 1 aliphatic rings. The number of nitrogens with one attached hydrogen (secondary N) is 3. The highest BCUT2D eigenvalue weighted by Crippen LogP contribution is 2.26. The van der Waals surface area contributed by atoms with Crippen LogP contribution in [0.2, 0.25) is 5.02 Å². The van der Waals surface area contributed by atoms with Crippen LogP contribution in [0.1, 0.15) is 29.6 Å². The Morgan fingerprint density at radius 3 is 2.41 bits per heavy atom. The van der Waals surface area contributed by atoms with Crippen LogP contribution in [0.4, 0.5) is 5.69 Å². The van der Waals surface area contributed by atoms with Crippen LogP contribution in [0.15, 0.2) is 53.4 Å². The molecule has 0 bridgehead atoms. The molecule has 2 aromatic rings. The second-order valence-electron chi connectivity index (χ2n) is 6.21. The summed E-state index contributed by atoms with van der Waals surface area (Å²) < 4.78 is 27.5. The van der Waals surface area contributed by atoms with Crippen molar-refractivity contribution >= 4 is 39.1 Å². The quantitative estimate of drug-likeness (QED) is 0.663. The van der Waals surface area contributed by atoms with Gasteiger partial charge < -0.3 is 0 Å². The Labute approximate surface area is 162 Å². The minimum absolute atomic E-state index is 0.0705. The molecule has 3 N–H and O–H groups in total. The molecule has 1 fully saturated rings. The lowest BCUT2D eigenvalue weighted by molar-refractivity contribution is -0.128. The van der Waals surface area contributed by atoms with Crippen LogP contribution < -0.4 is 15.6 Å². The number of carbonyl (C=O) groups is 2. The fraction of sp³-hybridized carbons (Fsp3) is 0.222. The van der Waals surface area contributed by atoms with Crippen LogP contribution in [0.3, 0.4) is 0 Å². The van der Waals surface area contributed by atoms with E-state index < -0.39 is 15.9 Å². The van der Waals surface area contributed by atoms with Crippen molar-refractivity contribution in [3.05, 3.63) is 59.1 Å². The van der Waals surface area contributed by atoms with E-state index in [4.69, 9.17) is 11.6 Å². The molecule has 0 radical (unpaired) electrons. The number of anilines is 1. The van der Waals surface area contributed by atoms with E-state index in [1.54, 1.807) is 18.2 Å². The molecule has 0 heterocycles. The van der Waals surface area contributed by atoms with E-state index in [0.717, 1.165) is 19.3 Å². The van der Waals surface area contributed by atoms with Gasteiger partial charge in [-0.05, 0) is 49.2 Å². The normalized spacial score (nSPS) is 14.1. The Kier molecular flexibility index (Phi) is 5.67. The monoisotopic (exact) mass is 407 g/mol. The van der Waals surface area contributed by atoms with Crippen molar-refractivity contribution in [2.45, 2.75) is 24.2 Å². The Morgan fingerprint density at radius 2 is 1.74 bits per heavy atom. The van der Waals surface area contributed by atoms with Crippen molar-refractivity contribution < 1.29 is 18.0 Å². The van der Waals surface area contributed by atoms with E-state index in [9.17, 15) is 18.0 Å². The smallest absolute Gasteiger partial charge is 0.269 e. The Bertz CT molecular complexity index is 974. The molecular formula is C18H18ClN3O4S. The predicted octanol–water partition coefficient (Wildman–Crippen LogP) is 2.70. The molecule has 142 valence electrons. The Balaban J connectivity index is 1.70. The van der Waals surface area contributed by atoms with Crippen molar-refractivity contribution in [2.75, 3.05) is 4.72 Å². The van der Waals surface area contributed by atoms with Crippen molar-refractivity contribution in [1.29, 1.82) is 0 Å². The molecule has 0 aliphatic heterocycles. The number of hydrazine groups is 1. The average Bonchev–Trinajstić information content (AvgIpc) is 2.58. The first-order chi connectivity index (χ1) is 12.8. The molecule has 2 amide bonds. The second-order valence-corrected chi connectivity index (χ2v) is 8.33. The van der Waals surface area contributed by atoms with Crippen molar-refractivity contribution in [2.24, 2.45) is 5.92 Å². The highest BCUT2D eigenvalue weighted by atomic mass is 35.5. The number of hydrogen-bond acceptors (Lipinski definition) is 4. The number of benzene rings is 2. The molecule has 2 aromatic carbocycles. The first-order valence-corrected chi connectivity index (χ1v) is 10.2. The molecule has 0 spiro atoms. The molecule has 0 atom stereocenters. The molecule has 0 saturated heterocycles. The fourth-order valence-electron chi connectivity index (χ4n) is 2.53. The van der Waals surface area contributed by atoms with Crippen LogP contribution in [0, 0.1) is 5.92 Å². The van der Waals surface area contributed by atoms with Gasteiger partial charge in [-0.3, -0.25) is 25.2 Å². The van der Waals surface area contributed by atoms with E-state index >= 15 is 0 Å². The summed E-state index contributed by atoms with van der Waals surface area (Å²) in [5.74, 6) is -0.901. The summed E-state index contributed by atoms with van der Waals surface area (Å²) in [6.45, 7) is 0. The summed E-state index contributed by atoms with van der Waals surface area (Å²) in [4.78, 5) is 23.9. The Morgan fingerprint density at radius 1 is 1.00 bits per heavy atom. The lowest BCUT2D eigenvalue weighted by atomic mass is 9.85. The molecule has 9 heteroatoms. The molecular weight excluding hydrogens is 390 g/mol. The number of amides is 2. The van der Waals surface area contributed by atoms with Gasteiger partial charge in [0.2, 0.25) is 5.91 Å². The topological polar surface area (TPSA) is 104 Å². The van der Waals surface area contributed by atoms with Crippen LogP contribution in [-0.4, -0.2) is 20.2 Å². The number of sulfonamides is 1. The molecule has 1 aliphatic carbocycles. The van der Waals surface area contributed by atoms with Gasteiger partial charge >= 0.3 is 0 Å². The summed E-state index contributed by atoms with van der Waals surface area (Å²) in [6.07, 6.45) is 2.63. The van der Waals surface area contributed by atoms with Gasteiger partial charge in [0.05, 0.1) is 10.6 Å². The summed E-state index contributed by atoms with van der Waals surface area (Å²) in [5, 5.41) is 0.394. The third-order valence-electron chi connectivity index (χ3n) is 4.26. The van der Waals surface area contributed by atoms with Crippen LogP contribution >= 0.6 is 11.6 Å². The van der Waals surface area contributed by atoms with Crippen molar-refractivity contribution in [1.82, 2.24) is 10.9 Å². The molecule has 0 unspecified atom stereocenters. The van der Waals surface area contributed by atoms with E-state index in [-0.39, 0.29) is 22.3 Å². The molecule has 1 saturated carbocycles. The van der Waals surface area contributed by atoms with Crippen LogP contribution in [0.5, 0.6) is 0 Å². The second kappa shape index (κ2) is 7.98. The third-order valence-corrected chi connectivity index (χ3v) is 5.87. The number of rotatable bonds is 5. The van der Waals surface area contributed by atoms with Crippen molar-refractivity contribution in [3.63, 3.8) is 0 Å². The summed E-state index contributed by atoms with van der Waals surface area (Å²) in [5.41, 5.74) is 5.10. The van der Waals surface area contributed by atoms with E-state index in [2.05, 4.69) is 15.6 Å². The summed E-state index contributed by atoms with van der Waals surface area (Å²) >= 11 is 5.86. The van der Waals surface area contributed by atoms with Gasteiger partial charge in [-0.25, -0.2) is 8.42 Å². The zero-order valence-electron chi connectivity index (χ0n) is 14.2. The lowest BCUT2D eigenvalue weighted by Gasteiger charge is -2.24. The van der Waals surface area contributed by atoms with Crippen LogP contribution in [-0.2, 0) is 14.8 Å². The van der Waals surface area contributed by atoms with Gasteiger partial charge in [-0.2, -0.15) is 0 Å². The first kappa shape index (κ1) is 19.2. The van der Waals surface area contributed by atoms with E-state index in [1.807, 2.05) is 0 Å². The SMILES string of the molecule is O=C(NNC(=O)C1CCC1)c1cccc(S(=O)(=O)Nc2cccc(Cl)c2)c1. The Hall–Kier alpha value is -2.58. The lowest BCUT2D eigenvalue weighted by Crippen LogP contribution is -2.46. The maximum Gasteiger partial charge on any atom is 0.269 e. The molecule has 0 aromatic heterocycles. The fourth-order valence-corrected chi connectivity index (χ4v) is 3.82. The minimum Gasteiger partial charge on any atom is -0.280 e. The number of carbonyl (C=O) groups excluding carboxylic acids is 2. The number of hydrogen-bond donors (Lipinski definition) is 3. The summed E-state index contributed by atoms with van der Waals surface area (Å²) in [6, 6.07) is 11.8. The zero-order chi connectivity index (χ0) is 19.4. The highest BCUT2D eigenvalue weighted by Gasteiger charge is 2.25. The average molecular weight is 408 g/mol. The zero-order valence-corrected chi connectivity index (χ0v) is 15.8. The minimum atomic E-state index is -3.90. The highest BCUT2D eigenvalue weighted by molar-refractivity contribution is 7.92. The molecule has 27 heavy (non-hydrogen) atoms. The molecule has 3 rings (SSSR count). The van der Waals surface area contributed by atoms with Crippen molar-refractivity contribution in [3.8, 4) is 0 Å². The van der Waals surface area contributed by atoms with Gasteiger partial charge in [0.1, 0.15) is 0 Å². The first-order valence-electron chi connectivity index (χ1n) is 8.34. The summed E-state index contributed by atoms with van der Waals surface area (Å²) in [7, 11) is -3.90. The van der Waals surface area contributed by atoms with Gasteiger partial charge in [0.15, 0.2) is 0 Å². The van der Waals surface area contributed by atoms with E-state index in [1.165, 1.54) is 30.3 Å². The largest absolute Gasteiger partial charge is 0.280 e. The maximum atomic E-state index is 12.5. The molecule has 7 nitrogen and oxygen atoms in total. The predicted molar refractivity (Wildman–Crippen MR) is 102 cm³/mol. The van der Waals surface area contributed by atoms with Gasteiger partial charge in [-0.15, -0.1) is 0 Å². The number of halogens is 1. The van der Waals surface area contributed by atoms with Gasteiger partial charge in [0, 0.05) is 16.5 Å². The van der Waals surface area contributed by atoms with Gasteiger partial charge in [-0.1, -0.05) is 30.2 Å². The van der Waals surface area contributed by atoms with Crippen LogP contribution in [0.25, 0.3) is 0 Å². The standard InChI is InChI=1S/C18H18ClN3O4S/c19-14-7-3-8-15(11-14)22-27(25,26)16-9-2-6-13(10-16)18(24)21-20-17(23)12-4-1-5-12/h2-3,6-12,22H,1,4-5H2,(H,20,23)(H,21,24). The third kappa shape index (κ3) is 4.78. The van der Waals surface area contributed by atoms with E-state index in [0.29, 0.717) is 10.7 Å².